The topological polar surface area (TPSA) is 45.6 Å². The Kier molecular flexibility index (Phi) is 5.85. The van der Waals surface area contributed by atoms with E-state index in [0.29, 0.717) is 19.0 Å². The molecule has 0 aliphatic heterocycles. The highest BCUT2D eigenvalue weighted by Crippen LogP contribution is 2.28. The Morgan fingerprint density at radius 2 is 2.00 bits per heavy atom. The van der Waals surface area contributed by atoms with Gasteiger partial charge in [0.1, 0.15) is 0 Å². The summed E-state index contributed by atoms with van der Waals surface area (Å²) < 4.78 is 2.05. The molecule has 0 radical (unpaired) electrons. The molecule has 0 atom stereocenters. The highest BCUT2D eigenvalue weighted by Gasteiger charge is 2.34. The minimum absolute atomic E-state index is 0.0501. The normalized spacial score (nSPS) is 14.1. The average molecular weight is 319 g/mol. The van der Waals surface area contributed by atoms with Gasteiger partial charge in [0.15, 0.2) is 0 Å². The van der Waals surface area contributed by atoms with Crippen LogP contribution in [0.4, 0.5) is 0 Å². The molecule has 23 heavy (non-hydrogen) atoms. The number of aromatic nitrogens is 1. The zero-order chi connectivity index (χ0) is 17.0. The smallest absolute Gasteiger partial charge is 0.242 e. The van der Waals surface area contributed by atoms with Gasteiger partial charge in [0.2, 0.25) is 11.8 Å². The first kappa shape index (κ1) is 17.6. The van der Waals surface area contributed by atoms with Crippen LogP contribution in [-0.4, -0.2) is 44.8 Å². The largest absolute Gasteiger partial charge is 0.353 e. The molecule has 1 aliphatic carbocycles. The molecule has 1 fully saturated rings. The molecule has 2 rings (SSSR count). The van der Waals surface area contributed by atoms with E-state index in [4.69, 9.17) is 0 Å². The third kappa shape index (κ3) is 4.60. The summed E-state index contributed by atoms with van der Waals surface area (Å²) in [4.78, 5) is 28.7. The SMILES string of the molecule is CCCC(=O)N(CC(=O)N(Cc1cccn1C)C1CC1)C(C)C. The molecule has 5 heteroatoms. The molecular formula is C18H29N3O2. The van der Waals surface area contributed by atoms with Gasteiger partial charge in [0.05, 0.1) is 13.1 Å². The van der Waals surface area contributed by atoms with Crippen molar-refractivity contribution in [3.05, 3.63) is 24.0 Å². The van der Waals surface area contributed by atoms with Crippen molar-refractivity contribution in [2.45, 2.75) is 65.1 Å². The van der Waals surface area contributed by atoms with Gasteiger partial charge in [-0.25, -0.2) is 0 Å². The molecule has 0 bridgehead atoms. The first-order valence-electron chi connectivity index (χ1n) is 8.63. The second kappa shape index (κ2) is 7.66. The Morgan fingerprint density at radius 1 is 1.30 bits per heavy atom. The monoisotopic (exact) mass is 319 g/mol. The number of rotatable bonds is 8. The van der Waals surface area contributed by atoms with Gasteiger partial charge < -0.3 is 14.4 Å². The first-order valence-corrected chi connectivity index (χ1v) is 8.63. The molecule has 0 saturated heterocycles. The number of carbonyl (C=O) groups is 2. The molecule has 0 spiro atoms. The zero-order valence-corrected chi connectivity index (χ0v) is 14.8. The molecule has 1 aromatic heterocycles. The number of aryl methyl sites for hydroxylation is 1. The minimum Gasteiger partial charge on any atom is -0.353 e. The lowest BCUT2D eigenvalue weighted by atomic mass is 10.2. The molecular weight excluding hydrogens is 290 g/mol. The van der Waals surface area contributed by atoms with Gasteiger partial charge in [-0.15, -0.1) is 0 Å². The van der Waals surface area contributed by atoms with Gasteiger partial charge >= 0.3 is 0 Å². The summed E-state index contributed by atoms with van der Waals surface area (Å²) in [6.45, 7) is 6.75. The van der Waals surface area contributed by atoms with E-state index in [0.717, 1.165) is 25.0 Å². The average Bonchev–Trinajstić information content (AvgIpc) is 3.25. The second-order valence-corrected chi connectivity index (χ2v) is 6.73. The molecule has 1 aliphatic rings. The van der Waals surface area contributed by atoms with Crippen molar-refractivity contribution in [1.82, 2.24) is 14.4 Å². The quantitative estimate of drug-likeness (QED) is 0.739. The predicted octanol–water partition coefficient (Wildman–Crippen LogP) is 2.55. The Balaban J connectivity index is 2.05. The van der Waals surface area contributed by atoms with Crippen molar-refractivity contribution in [1.29, 1.82) is 0 Å². The van der Waals surface area contributed by atoms with Crippen LogP contribution in [0.15, 0.2) is 18.3 Å². The number of nitrogens with zero attached hydrogens (tertiary/aromatic N) is 3. The standard InChI is InChI=1S/C18H29N3O2/c1-5-7-17(22)20(14(2)3)13-18(23)21(15-9-10-15)12-16-8-6-11-19(16)4/h6,8,11,14-15H,5,7,9-10,12-13H2,1-4H3. The molecule has 1 aromatic rings. The van der Waals surface area contributed by atoms with Crippen LogP contribution in [0.2, 0.25) is 0 Å². The van der Waals surface area contributed by atoms with Crippen LogP contribution in [0.25, 0.3) is 0 Å². The zero-order valence-electron chi connectivity index (χ0n) is 14.8. The minimum atomic E-state index is 0.0501. The Morgan fingerprint density at radius 3 is 2.48 bits per heavy atom. The summed E-state index contributed by atoms with van der Waals surface area (Å²) in [6.07, 6.45) is 5.45. The van der Waals surface area contributed by atoms with Gasteiger partial charge in [-0.05, 0) is 45.2 Å². The summed E-state index contributed by atoms with van der Waals surface area (Å²) in [5, 5.41) is 0. The van der Waals surface area contributed by atoms with Crippen molar-refractivity contribution in [2.75, 3.05) is 6.54 Å². The van der Waals surface area contributed by atoms with Crippen LogP contribution >= 0.6 is 0 Å². The van der Waals surface area contributed by atoms with E-state index in [9.17, 15) is 9.59 Å². The summed E-state index contributed by atoms with van der Waals surface area (Å²) in [5.41, 5.74) is 1.13. The van der Waals surface area contributed by atoms with Crippen molar-refractivity contribution in [2.24, 2.45) is 7.05 Å². The summed E-state index contributed by atoms with van der Waals surface area (Å²) in [5.74, 6) is 0.136. The van der Waals surface area contributed by atoms with Gasteiger partial charge in [-0.3, -0.25) is 9.59 Å². The first-order chi connectivity index (χ1) is 10.9. The van der Waals surface area contributed by atoms with Crippen LogP contribution in [0.1, 0.15) is 52.1 Å². The molecule has 5 nitrogen and oxygen atoms in total. The van der Waals surface area contributed by atoms with Gasteiger partial charge in [0, 0.05) is 37.4 Å². The van der Waals surface area contributed by atoms with Gasteiger partial charge in [0.25, 0.3) is 0 Å². The molecule has 2 amide bonds. The van der Waals surface area contributed by atoms with Crippen molar-refractivity contribution in [3.63, 3.8) is 0 Å². The Bertz CT molecular complexity index is 546. The van der Waals surface area contributed by atoms with E-state index in [1.165, 1.54) is 0 Å². The van der Waals surface area contributed by atoms with Crippen molar-refractivity contribution in [3.8, 4) is 0 Å². The predicted molar refractivity (Wildman–Crippen MR) is 90.7 cm³/mol. The molecule has 1 heterocycles. The van der Waals surface area contributed by atoms with Crippen LogP contribution in [0.3, 0.4) is 0 Å². The maximum atomic E-state index is 12.8. The lowest BCUT2D eigenvalue weighted by Crippen LogP contribution is -2.46. The highest BCUT2D eigenvalue weighted by molar-refractivity contribution is 5.85. The van der Waals surface area contributed by atoms with Crippen molar-refractivity contribution < 1.29 is 9.59 Å². The van der Waals surface area contributed by atoms with Crippen LogP contribution in [0, 0.1) is 0 Å². The van der Waals surface area contributed by atoms with E-state index in [2.05, 4.69) is 0 Å². The van der Waals surface area contributed by atoms with Crippen LogP contribution in [0.5, 0.6) is 0 Å². The third-order valence-corrected chi connectivity index (χ3v) is 4.40. The third-order valence-electron chi connectivity index (χ3n) is 4.40. The summed E-state index contributed by atoms with van der Waals surface area (Å²) >= 11 is 0. The van der Waals surface area contributed by atoms with Crippen molar-refractivity contribution >= 4 is 11.8 Å². The molecule has 0 aromatic carbocycles. The van der Waals surface area contributed by atoms with E-state index in [-0.39, 0.29) is 24.4 Å². The Hall–Kier alpha value is -1.78. The fraction of sp³-hybridized carbons (Fsp3) is 0.667. The molecule has 1 saturated carbocycles. The highest BCUT2D eigenvalue weighted by atomic mass is 16.2. The number of hydrogen-bond acceptors (Lipinski definition) is 2. The van der Waals surface area contributed by atoms with E-state index in [1.807, 2.05) is 55.6 Å². The van der Waals surface area contributed by atoms with E-state index >= 15 is 0 Å². The number of hydrogen-bond donors (Lipinski definition) is 0. The van der Waals surface area contributed by atoms with E-state index in [1.54, 1.807) is 4.90 Å². The van der Waals surface area contributed by atoms with Gasteiger partial charge in [-0.1, -0.05) is 6.92 Å². The molecule has 0 N–H and O–H groups in total. The van der Waals surface area contributed by atoms with Crippen LogP contribution < -0.4 is 0 Å². The van der Waals surface area contributed by atoms with Gasteiger partial charge in [-0.2, -0.15) is 0 Å². The maximum absolute atomic E-state index is 12.8. The Labute approximate surface area is 139 Å². The molecule has 0 unspecified atom stereocenters. The second-order valence-electron chi connectivity index (χ2n) is 6.73. The van der Waals surface area contributed by atoms with E-state index < -0.39 is 0 Å². The number of carbonyl (C=O) groups excluding carboxylic acids is 2. The number of amides is 2. The maximum Gasteiger partial charge on any atom is 0.242 e. The van der Waals surface area contributed by atoms with Crippen LogP contribution in [-0.2, 0) is 23.2 Å². The molecule has 128 valence electrons. The lowest BCUT2D eigenvalue weighted by Gasteiger charge is -2.30. The summed E-state index contributed by atoms with van der Waals surface area (Å²) in [6, 6.07) is 4.43. The fourth-order valence-electron chi connectivity index (χ4n) is 2.80. The summed E-state index contributed by atoms with van der Waals surface area (Å²) in [7, 11) is 2.00. The fourth-order valence-corrected chi connectivity index (χ4v) is 2.80. The lowest BCUT2D eigenvalue weighted by molar-refractivity contribution is -0.142.